The van der Waals surface area contributed by atoms with E-state index in [2.05, 4.69) is 24.0 Å². The van der Waals surface area contributed by atoms with Crippen LogP contribution >= 0.6 is 0 Å². The van der Waals surface area contributed by atoms with Crippen LogP contribution < -0.4 is 15.2 Å². The van der Waals surface area contributed by atoms with Crippen LogP contribution in [0.1, 0.15) is 47.2 Å². The van der Waals surface area contributed by atoms with Crippen molar-refractivity contribution in [1.82, 2.24) is 0 Å². The minimum atomic E-state index is -0.291. The first-order valence-electron chi connectivity index (χ1n) is 10.6. The van der Waals surface area contributed by atoms with Crippen molar-refractivity contribution in [2.24, 2.45) is 5.73 Å². The molecule has 2 aromatic rings. The fourth-order valence-electron chi connectivity index (χ4n) is 5.00. The normalized spacial score (nSPS) is 25.6. The largest absolute Gasteiger partial charge is 0.493 e. The Morgan fingerprint density at radius 2 is 1.93 bits per heavy atom. The molecule has 3 atom stereocenters. The molecule has 2 aliphatic carbocycles. The van der Waals surface area contributed by atoms with Crippen molar-refractivity contribution in [3.05, 3.63) is 71.3 Å². The van der Waals surface area contributed by atoms with Crippen LogP contribution in [-0.4, -0.2) is 32.3 Å². The summed E-state index contributed by atoms with van der Waals surface area (Å²) in [4.78, 5) is 12.5. The highest BCUT2D eigenvalue weighted by Gasteiger charge is 2.52. The molecule has 0 fully saturated rings. The molecule has 0 saturated heterocycles. The van der Waals surface area contributed by atoms with E-state index < -0.39 is 0 Å². The maximum absolute atomic E-state index is 12.5. The van der Waals surface area contributed by atoms with Gasteiger partial charge in [0.25, 0.3) is 0 Å². The summed E-state index contributed by atoms with van der Waals surface area (Å²) in [5.74, 6) is 1.38. The first-order chi connectivity index (χ1) is 14.7. The van der Waals surface area contributed by atoms with Gasteiger partial charge in [-0.1, -0.05) is 36.8 Å². The van der Waals surface area contributed by atoms with Crippen molar-refractivity contribution < 1.29 is 19.0 Å². The number of hydrogen-bond donors (Lipinski definition) is 1. The van der Waals surface area contributed by atoms with E-state index >= 15 is 0 Å². The van der Waals surface area contributed by atoms with Gasteiger partial charge in [-0.3, -0.25) is 0 Å². The lowest BCUT2D eigenvalue weighted by molar-refractivity contribution is 0.0220. The predicted molar refractivity (Wildman–Crippen MR) is 116 cm³/mol. The van der Waals surface area contributed by atoms with E-state index in [0.717, 1.165) is 30.8 Å². The Kier molecular flexibility index (Phi) is 5.82. The van der Waals surface area contributed by atoms with Gasteiger partial charge >= 0.3 is 5.97 Å². The van der Waals surface area contributed by atoms with Crippen LogP contribution in [0.4, 0.5) is 0 Å². The number of ether oxygens (including phenoxy) is 3. The highest BCUT2D eigenvalue weighted by molar-refractivity contribution is 5.89. The third-order valence-electron chi connectivity index (χ3n) is 6.34. The molecule has 3 aliphatic rings. The minimum absolute atomic E-state index is 0.0331. The fourth-order valence-corrected chi connectivity index (χ4v) is 5.00. The van der Waals surface area contributed by atoms with Gasteiger partial charge in [0.15, 0.2) is 11.5 Å². The second-order valence-electron chi connectivity index (χ2n) is 7.89. The molecule has 0 amide bonds. The Morgan fingerprint density at radius 3 is 2.70 bits per heavy atom. The third-order valence-corrected chi connectivity index (χ3v) is 6.34. The summed E-state index contributed by atoms with van der Waals surface area (Å²) in [5.41, 5.74) is 7.59. The molecule has 1 unspecified atom stereocenters. The van der Waals surface area contributed by atoms with Crippen LogP contribution in [0.3, 0.4) is 0 Å². The molecule has 0 radical (unpaired) electrons. The molecule has 2 aromatic carbocycles. The number of rotatable bonds is 3. The Labute approximate surface area is 177 Å². The number of carbonyl (C=O) groups excluding carboxylic acids is 1. The number of aryl methyl sites for hydroxylation is 1. The first-order valence-corrected chi connectivity index (χ1v) is 10.6. The van der Waals surface area contributed by atoms with Crippen LogP contribution in [-0.2, 0) is 16.6 Å². The van der Waals surface area contributed by atoms with Crippen molar-refractivity contribution in [3.63, 3.8) is 0 Å². The van der Waals surface area contributed by atoms with E-state index in [1.165, 1.54) is 24.6 Å². The second-order valence-corrected chi connectivity index (χ2v) is 7.89. The predicted octanol–water partition coefficient (Wildman–Crippen LogP) is 4.18. The Hall–Kier alpha value is -2.79. The highest BCUT2D eigenvalue weighted by atomic mass is 16.6. The van der Waals surface area contributed by atoms with Gasteiger partial charge in [0, 0.05) is 12.0 Å². The molecule has 2 N–H and O–H groups in total. The van der Waals surface area contributed by atoms with Gasteiger partial charge in [-0.15, -0.1) is 0 Å². The van der Waals surface area contributed by atoms with Gasteiger partial charge < -0.3 is 19.9 Å². The molecule has 5 rings (SSSR count). The standard InChI is InChI=1S/C24H24O4.CH5N/c1-26-19-11-10-16-7-5-6-13-24-14-12-18(15-20(24)28-22(19)21(16)24)27-23(25)17-8-3-2-4-9-17;1-2/h2-4,8-12,14,18,20H,5-7,13,15H2,1H3;2H2,1H3/t18-,20?,24+;/m0./s1. The molecule has 1 spiro atoms. The van der Waals surface area contributed by atoms with Gasteiger partial charge in [0.1, 0.15) is 12.2 Å². The SMILES string of the molecule is CN.COc1ccc2c3c1OC1C[C@@H](OC(=O)c4ccccc4)C=C[C@@]31CCCC2. The maximum atomic E-state index is 12.5. The molecule has 30 heavy (non-hydrogen) atoms. The Bertz CT molecular complexity index is 940. The summed E-state index contributed by atoms with van der Waals surface area (Å²) in [6.45, 7) is 0. The number of methoxy groups -OCH3 is 1. The van der Waals surface area contributed by atoms with Crippen molar-refractivity contribution in [3.8, 4) is 11.5 Å². The molecule has 5 nitrogen and oxygen atoms in total. The van der Waals surface area contributed by atoms with Crippen LogP contribution in [0.15, 0.2) is 54.6 Å². The van der Waals surface area contributed by atoms with E-state index in [4.69, 9.17) is 14.2 Å². The summed E-state index contributed by atoms with van der Waals surface area (Å²) in [6.07, 6.45) is 9.12. The van der Waals surface area contributed by atoms with E-state index in [-0.39, 0.29) is 23.6 Å². The van der Waals surface area contributed by atoms with Crippen LogP contribution in [0, 0.1) is 0 Å². The molecule has 0 saturated carbocycles. The molecule has 0 aromatic heterocycles. The van der Waals surface area contributed by atoms with Crippen LogP contribution in [0.5, 0.6) is 11.5 Å². The van der Waals surface area contributed by atoms with Gasteiger partial charge in [-0.25, -0.2) is 4.79 Å². The smallest absolute Gasteiger partial charge is 0.338 e. The molecular weight excluding hydrogens is 378 g/mol. The summed E-state index contributed by atoms with van der Waals surface area (Å²) < 4.78 is 17.8. The van der Waals surface area contributed by atoms with Crippen molar-refractivity contribution in [1.29, 1.82) is 0 Å². The summed E-state index contributed by atoms with van der Waals surface area (Å²) >= 11 is 0. The average molecular weight is 408 g/mol. The van der Waals surface area contributed by atoms with Gasteiger partial charge in [0.05, 0.1) is 18.1 Å². The minimum Gasteiger partial charge on any atom is -0.493 e. The Morgan fingerprint density at radius 1 is 1.13 bits per heavy atom. The molecular formula is C25H29NO4. The molecule has 0 bridgehead atoms. The quantitative estimate of drug-likeness (QED) is 0.610. The van der Waals surface area contributed by atoms with E-state index in [1.807, 2.05) is 24.3 Å². The van der Waals surface area contributed by atoms with Crippen molar-refractivity contribution in [2.75, 3.05) is 14.2 Å². The fraction of sp³-hybridized carbons (Fsp3) is 0.400. The Balaban J connectivity index is 0.00000106. The van der Waals surface area contributed by atoms with E-state index in [9.17, 15) is 4.79 Å². The van der Waals surface area contributed by atoms with Gasteiger partial charge in [-0.05, 0) is 56.1 Å². The average Bonchev–Trinajstić information content (AvgIpc) is 3.01. The number of carbonyl (C=O) groups is 1. The number of hydrogen-bond acceptors (Lipinski definition) is 5. The number of benzene rings is 2. The zero-order chi connectivity index (χ0) is 21.1. The lowest BCUT2D eigenvalue weighted by Gasteiger charge is -2.36. The maximum Gasteiger partial charge on any atom is 0.338 e. The first kappa shape index (κ1) is 20.5. The van der Waals surface area contributed by atoms with Crippen molar-refractivity contribution >= 4 is 5.97 Å². The molecule has 1 heterocycles. The third kappa shape index (κ3) is 3.37. The molecule has 158 valence electrons. The topological polar surface area (TPSA) is 70.8 Å². The zero-order valence-corrected chi connectivity index (χ0v) is 17.6. The van der Waals surface area contributed by atoms with Gasteiger partial charge in [0.2, 0.25) is 0 Å². The lowest BCUT2D eigenvalue weighted by atomic mass is 9.69. The summed E-state index contributed by atoms with van der Waals surface area (Å²) in [5, 5.41) is 0. The second kappa shape index (κ2) is 8.52. The highest BCUT2D eigenvalue weighted by Crippen LogP contribution is 2.56. The zero-order valence-electron chi connectivity index (χ0n) is 17.6. The van der Waals surface area contributed by atoms with Gasteiger partial charge in [-0.2, -0.15) is 0 Å². The number of nitrogens with two attached hydrogens (primary N) is 1. The summed E-state index contributed by atoms with van der Waals surface area (Å²) in [6, 6.07) is 13.3. The summed E-state index contributed by atoms with van der Waals surface area (Å²) in [7, 11) is 3.19. The van der Waals surface area contributed by atoms with Crippen molar-refractivity contribution in [2.45, 2.75) is 49.7 Å². The van der Waals surface area contributed by atoms with E-state index in [1.54, 1.807) is 19.2 Å². The molecule has 1 aliphatic heterocycles. The van der Waals surface area contributed by atoms with E-state index in [0.29, 0.717) is 12.0 Å². The van der Waals surface area contributed by atoms with Crippen LogP contribution in [0.2, 0.25) is 0 Å². The lowest BCUT2D eigenvalue weighted by Crippen LogP contribution is -2.42. The molecule has 5 heteroatoms. The monoisotopic (exact) mass is 407 g/mol. The number of esters is 1. The van der Waals surface area contributed by atoms with Crippen LogP contribution in [0.25, 0.3) is 0 Å².